The molecule has 0 saturated carbocycles. The molecule has 7 heteroatoms. The lowest BCUT2D eigenvalue weighted by atomic mass is 10.4. The van der Waals surface area contributed by atoms with Gasteiger partial charge in [-0.05, 0) is 11.6 Å². The van der Waals surface area contributed by atoms with Gasteiger partial charge in [0.1, 0.15) is 0 Å². The van der Waals surface area contributed by atoms with Crippen LogP contribution < -0.4 is 0 Å². The number of nitrogens with zero attached hydrogens (tertiary/aromatic N) is 2. The number of ether oxygens (including phenoxy) is 1. The van der Waals surface area contributed by atoms with Gasteiger partial charge in [-0.2, -0.15) is 5.06 Å². The number of hydrogen-bond donors (Lipinski definition) is 0. The number of aliphatic imine (C=N–C) groups is 1. The van der Waals surface area contributed by atoms with Crippen LogP contribution in [0.1, 0.15) is 0 Å². The molecule has 0 spiro atoms. The zero-order valence-electron chi connectivity index (χ0n) is 6.34. The summed E-state index contributed by atoms with van der Waals surface area (Å²) in [6, 6.07) is 0. The number of alkyl halides is 1. The van der Waals surface area contributed by atoms with Crippen molar-refractivity contribution >= 4 is 28.5 Å². The van der Waals surface area contributed by atoms with Crippen molar-refractivity contribution in [3.05, 3.63) is 12.0 Å². The van der Waals surface area contributed by atoms with Gasteiger partial charge in [-0.15, -0.1) is 0 Å². The van der Waals surface area contributed by atoms with Crippen LogP contribution in [0, 0.1) is 0 Å². The molecule has 0 aliphatic carbocycles. The van der Waals surface area contributed by atoms with Gasteiger partial charge < -0.3 is 4.74 Å². The summed E-state index contributed by atoms with van der Waals surface area (Å²) >= 11 is 11.4. The molecule has 1 saturated heterocycles. The highest BCUT2D eigenvalue weighted by Gasteiger charge is 2.48. The van der Waals surface area contributed by atoms with Crippen molar-refractivity contribution in [1.29, 1.82) is 0 Å². The number of hydroxylamine groups is 2. The van der Waals surface area contributed by atoms with Crippen LogP contribution in [0.15, 0.2) is 17.0 Å². The molecule has 0 amide bonds. The Balaban J connectivity index is 2.37. The highest BCUT2D eigenvalue weighted by Crippen LogP contribution is 2.37. The summed E-state index contributed by atoms with van der Waals surface area (Å²) in [5.41, 5.74) is 0. The second-order valence-corrected chi connectivity index (χ2v) is 3.26. The fourth-order valence-corrected chi connectivity index (χ4v) is 1.54. The van der Waals surface area contributed by atoms with E-state index < -0.39 is 11.0 Å². The van der Waals surface area contributed by atoms with E-state index in [1.807, 2.05) is 0 Å². The van der Waals surface area contributed by atoms with E-state index in [4.69, 9.17) is 32.8 Å². The normalized spacial score (nSPS) is 33.6. The molecule has 2 aliphatic rings. The molecule has 13 heavy (non-hydrogen) atoms. The molecule has 1 atom stereocenters. The fourth-order valence-electron chi connectivity index (χ4n) is 1.03. The first-order valence-electron chi connectivity index (χ1n) is 3.50. The van der Waals surface area contributed by atoms with Crippen LogP contribution in [-0.4, -0.2) is 28.8 Å². The first kappa shape index (κ1) is 9.21. The van der Waals surface area contributed by atoms with E-state index in [0.717, 1.165) is 11.3 Å². The number of hydrogen-bond acceptors (Lipinski definition) is 4. The van der Waals surface area contributed by atoms with Gasteiger partial charge >= 0.3 is 0 Å². The van der Waals surface area contributed by atoms with Crippen molar-refractivity contribution in [2.45, 2.75) is 5.18 Å². The maximum Gasteiger partial charge on any atom is 0.300 e. The molecule has 72 valence electrons. The Kier molecular flexibility index (Phi) is 2.19. The highest BCUT2D eigenvalue weighted by molar-refractivity contribution is 6.65. The van der Waals surface area contributed by atoms with Gasteiger partial charge in [-0.1, -0.05) is 11.6 Å². The molecule has 0 aromatic carbocycles. The zero-order chi connectivity index (χ0) is 9.47. The van der Waals surface area contributed by atoms with Crippen LogP contribution in [0.3, 0.4) is 0 Å². The summed E-state index contributed by atoms with van der Waals surface area (Å²) in [6.07, 6.45) is 0.903. The van der Waals surface area contributed by atoms with Gasteiger partial charge in [0.2, 0.25) is 5.29 Å². The molecule has 2 heterocycles. The van der Waals surface area contributed by atoms with E-state index in [1.165, 1.54) is 0 Å². The Morgan fingerprint density at radius 1 is 1.62 bits per heavy atom. The smallest absolute Gasteiger partial charge is 0.300 e. The summed E-state index contributed by atoms with van der Waals surface area (Å²) < 4.78 is 18.2. The first-order valence-corrected chi connectivity index (χ1v) is 4.25. The predicted molar refractivity (Wildman–Crippen MR) is 44.8 cm³/mol. The minimum atomic E-state index is -1.78. The second kappa shape index (κ2) is 3.09. The standard InChI is InChI=1S/C6H5Cl2FN2O2/c7-5-10-3-4(9)6(8)11(5)13-2-1-12-6/h3H,1-2H2. The molecule has 0 aromatic heterocycles. The third-order valence-corrected chi connectivity index (χ3v) is 2.30. The monoisotopic (exact) mass is 226 g/mol. The number of rotatable bonds is 0. The minimum Gasteiger partial charge on any atom is -0.333 e. The molecule has 2 rings (SSSR count). The van der Waals surface area contributed by atoms with Crippen molar-refractivity contribution in [3.63, 3.8) is 0 Å². The molecule has 0 radical (unpaired) electrons. The summed E-state index contributed by atoms with van der Waals surface area (Å²) in [4.78, 5) is 8.52. The van der Waals surface area contributed by atoms with E-state index in [0.29, 0.717) is 0 Å². The van der Waals surface area contributed by atoms with Crippen LogP contribution in [0.5, 0.6) is 0 Å². The third-order valence-electron chi connectivity index (χ3n) is 1.60. The van der Waals surface area contributed by atoms with Crippen LogP contribution in [0.2, 0.25) is 0 Å². The van der Waals surface area contributed by atoms with Crippen molar-refractivity contribution in [2.24, 2.45) is 4.99 Å². The largest absolute Gasteiger partial charge is 0.333 e. The van der Waals surface area contributed by atoms with E-state index in [1.54, 1.807) is 0 Å². The van der Waals surface area contributed by atoms with Gasteiger partial charge in [-0.25, -0.2) is 9.38 Å². The predicted octanol–water partition coefficient (Wildman–Crippen LogP) is 1.56. The maximum atomic E-state index is 13.2. The van der Waals surface area contributed by atoms with E-state index in [-0.39, 0.29) is 18.5 Å². The lowest BCUT2D eigenvalue weighted by molar-refractivity contribution is -0.270. The Labute approximate surface area is 83.5 Å². The topological polar surface area (TPSA) is 34.1 Å². The van der Waals surface area contributed by atoms with Crippen molar-refractivity contribution < 1.29 is 14.0 Å². The summed E-state index contributed by atoms with van der Waals surface area (Å²) in [7, 11) is 0. The van der Waals surface area contributed by atoms with E-state index in [2.05, 4.69) is 4.99 Å². The molecule has 2 aliphatic heterocycles. The van der Waals surface area contributed by atoms with Crippen LogP contribution >= 0.6 is 23.2 Å². The van der Waals surface area contributed by atoms with Gasteiger partial charge in [0.25, 0.3) is 5.18 Å². The van der Waals surface area contributed by atoms with Gasteiger partial charge in [-0.3, -0.25) is 4.84 Å². The Bertz CT molecular complexity index is 296. The summed E-state index contributed by atoms with van der Waals surface area (Å²) in [5.74, 6) is -0.752. The Morgan fingerprint density at radius 3 is 3.08 bits per heavy atom. The Morgan fingerprint density at radius 2 is 2.38 bits per heavy atom. The molecule has 1 unspecified atom stereocenters. The molecule has 0 bridgehead atoms. The average Bonchev–Trinajstić information content (AvgIpc) is 2.12. The minimum absolute atomic E-state index is 0.0592. The van der Waals surface area contributed by atoms with Crippen LogP contribution in [-0.2, 0) is 9.57 Å². The van der Waals surface area contributed by atoms with E-state index >= 15 is 0 Å². The third kappa shape index (κ3) is 1.32. The summed E-state index contributed by atoms with van der Waals surface area (Å²) in [6.45, 7) is 0.457. The molecular formula is C6H5Cl2FN2O2. The lowest BCUT2D eigenvalue weighted by Crippen LogP contribution is -2.54. The van der Waals surface area contributed by atoms with Crippen molar-refractivity contribution in [3.8, 4) is 0 Å². The fraction of sp³-hybridized carbons (Fsp3) is 0.500. The molecular weight excluding hydrogens is 222 g/mol. The van der Waals surface area contributed by atoms with Gasteiger partial charge in [0, 0.05) is 0 Å². The quantitative estimate of drug-likeness (QED) is 0.465. The summed E-state index contributed by atoms with van der Waals surface area (Å²) in [5, 5.41) is -0.942. The van der Waals surface area contributed by atoms with E-state index in [9.17, 15) is 4.39 Å². The highest BCUT2D eigenvalue weighted by atomic mass is 35.5. The lowest BCUT2D eigenvalue weighted by Gasteiger charge is -2.40. The average molecular weight is 227 g/mol. The SMILES string of the molecule is FC1=CN=C(Cl)N2OCCOC12Cl. The van der Waals surface area contributed by atoms with Crippen molar-refractivity contribution in [2.75, 3.05) is 13.2 Å². The molecule has 4 nitrogen and oxygen atoms in total. The number of fused-ring (bicyclic) bond motifs is 1. The molecule has 1 fully saturated rings. The zero-order valence-corrected chi connectivity index (χ0v) is 7.85. The first-order chi connectivity index (χ1) is 6.14. The number of amidine groups is 1. The van der Waals surface area contributed by atoms with Gasteiger partial charge in [0.05, 0.1) is 19.4 Å². The number of halogens is 3. The Hall–Kier alpha value is -0.360. The van der Waals surface area contributed by atoms with Gasteiger partial charge in [0.15, 0.2) is 5.83 Å². The molecule has 0 N–H and O–H groups in total. The van der Waals surface area contributed by atoms with Crippen molar-refractivity contribution in [1.82, 2.24) is 5.06 Å². The van der Waals surface area contributed by atoms with Crippen LogP contribution in [0.25, 0.3) is 0 Å². The maximum absolute atomic E-state index is 13.2. The van der Waals surface area contributed by atoms with Crippen LogP contribution in [0.4, 0.5) is 4.39 Å². The second-order valence-electron chi connectivity index (χ2n) is 2.41. The molecule has 0 aromatic rings.